The van der Waals surface area contributed by atoms with Gasteiger partial charge in [0.2, 0.25) is 0 Å². The summed E-state index contributed by atoms with van der Waals surface area (Å²) in [6.45, 7) is 12.8. The lowest BCUT2D eigenvalue weighted by molar-refractivity contribution is 0.122. The van der Waals surface area contributed by atoms with Crippen molar-refractivity contribution in [2.75, 3.05) is 0 Å². The van der Waals surface area contributed by atoms with E-state index in [9.17, 15) is 0 Å². The second kappa shape index (κ2) is 8.92. The van der Waals surface area contributed by atoms with Crippen molar-refractivity contribution in [2.45, 2.75) is 59.5 Å². The normalized spacial score (nSPS) is 13.5. The molecule has 0 aromatic heterocycles. The standard InChI is InChI=1S/C23H31O/c1-6-8-21(16-20-12-11-18(4)19(5)15-20)23(7-2)24-22-13-9-17(3)10-14-22/h9-15,21,23H,3,6-8,16H2,1-2,4-5H3. The van der Waals surface area contributed by atoms with Gasteiger partial charge >= 0.3 is 0 Å². The Balaban J connectivity index is 2.13. The third-order valence-electron chi connectivity index (χ3n) is 4.87. The zero-order valence-corrected chi connectivity index (χ0v) is 15.6. The molecule has 1 radical (unpaired) electrons. The first-order valence-corrected chi connectivity index (χ1v) is 9.18. The quantitative estimate of drug-likeness (QED) is 0.553. The lowest BCUT2D eigenvalue weighted by atomic mass is 9.88. The van der Waals surface area contributed by atoms with Gasteiger partial charge in [-0.2, -0.15) is 0 Å². The van der Waals surface area contributed by atoms with E-state index in [1.807, 2.05) is 24.3 Å². The molecule has 0 saturated carbocycles. The summed E-state index contributed by atoms with van der Waals surface area (Å²) in [5, 5.41) is 0. The molecule has 1 heteroatoms. The van der Waals surface area contributed by atoms with Crippen LogP contribution in [0.1, 0.15) is 55.4 Å². The van der Waals surface area contributed by atoms with Crippen molar-refractivity contribution < 1.29 is 4.74 Å². The van der Waals surface area contributed by atoms with Gasteiger partial charge in [0.15, 0.2) is 0 Å². The molecule has 0 spiro atoms. The third kappa shape index (κ3) is 5.12. The van der Waals surface area contributed by atoms with E-state index in [2.05, 4.69) is 52.8 Å². The number of rotatable bonds is 8. The van der Waals surface area contributed by atoms with Crippen molar-refractivity contribution >= 4 is 0 Å². The molecule has 0 fully saturated rings. The summed E-state index contributed by atoms with van der Waals surface area (Å²) in [7, 11) is 0. The Kier molecular flexibility index (Phi) is 6.90. The fourth-order valence-corrected chi connectivity index (χ4v) is 3.28. The number of hydrogen-bond acceptors (Lipinski definition) is 1. The van der Waals surface area contributed by atoms with Crippen molar-refractivity contribution in [2.24, 2.45) is 5.92 Å². The highest BCUT2D eigenvalue weighted by Crippen LogP contribution is 2.26. The molecule has 0 amide bonds. The molecule has 0 aliphatic heterocycles. The predicted octanol–water partition coefficient (Wildman–Crippen LogP) is 6.30. The molecule has 2 aromatic carbocycles. The maximum absolute atomic E-state index is 6.33. The Morgan fingerprint density at radius 1 is 0.958 bits per heavy atom. The van der Waals surface area contributed by atoms with Gasteiger partial charge in [-0.1, -0.05) is 50.6 Å². The zero-order chi connectivity index (χ0) is 17.5. The minimum absolute atomic E-state index is 0.252. The van der Waals surface area contributed by atoms with E-state index in [-0.39, 0.29) is 6.10 Å². The number of aryl methyl sites for hydroxylation is 2. The molecule has 0 N–H and O–H groups in total. The van der Waals surface area contributed by atoms with E-state index in [1.165, 1.54) is 29.5 Å². The summed E-state index contributed by atoms with van der Waals surface area (Å²) in [6, 6.07) is 14.9. The van der Waals surface area contributed by atoms with Crippen LogP contribution in [0.2, 0.25) is 0 Å². The Morgan fingerprint density at radius 2 is 1.67 bits per heavy atom. The highest BCUT2D eigenvalue weighted by molar-refractivity contribution is 5.31. The van der Waals surface area contributed by atoms with Crippen LogP contribution in [0, 0.1) is 26.7 Å². The monoisotopic (exact) mass is 323 g/mol. The molecule has 0 bridgehead atoms. The van der Waals surface area contributed by atoms with Crippen molar-refractivity contribution in [3.63, 3.8) is 0 Å². The summed E-state index contributed by atoms with van der Waals surface area (Å²) in [4.78, 5) is 0. The van der Waals surface area contributed by atoms with Crippen LogP contribution < -0.4 is 4.74 Å². The van der Waals surface area contributed by atoms with Crippen LogP contribution in [0.25, 0.3) is 0 Å². The molecule has 2 unspecified atom stereocenters. The van der Waals surface area contributed by atoms with Gasteiger partial charge in [-0.3, -0.25) is 0 Å². The molecule has 24 heavy (non-hydrogen) atoms. The average Bonchev–Trinajstić information content (AvgIpc) is 2.57. The van der Waals surface area contributed by atoms with E-state index in [0.717, 1.165) is 24.2 Å². The Bertz CT molecular complexity index is 627. The predicted molar refractivity (Wildman–Crippen MR) is 104 cm³/mol. The van der Waals surface area contributed by atoms with Gasteiger partial charge in [-0.25, -0.2) is 0 Å². The van der Waals surface area contributed by atoms with E-state index < -0.39 is 0 Å². The summed E-state index contributed by atoms with van der Waals surface area (Å²) >= 11 is 0. The summed E-state index contributed by atoms with van der Waals surface area (Å²) in [5.74, 6) is 1.50. The smallest absolute Gasteiger partial charge is 0.119 e. The summed E-state index contributed by atoms with van der Waals surface area (Å²) < 4.78 is 6.33. The van der Waals surface area contributed by atoms with Crippen LogP contribution in [0.3, 0.4) is 0 Å². The van der Waals surface area contributed by atoms with E-state index >= 15 is 0 Å². The first-order chi connectivity index (χ1) is 11.5. The molecule has 2 aromatic rings. The second-order valence-corrected chi connectivity index (χ2v) is 6.88. The summed E-state index contributed by atoms with van der Waals surface area (Å²) in [5.41, 5.74) is 5.19. The maximum Gasteiger partial charge on any atom is 0.119 e. The van der Waals surface area contributed by atoms with E-state index in [4.69, 9.17) is 4.74 Å². The van der Waals surface area contributed by atoms with Gasteiger partial charge in [0.25, 0.3) is 0 Å². The molecule has 2 rings (SSSR count). The largest absolute Gasteiger partial charge is 0.490 e. The molecule has 0 heterocycles. The number of benzene rings is 2. The van der Waals surface area contributed by atoms with Gasteiger partial charge in [-0.05, 0) is 80.3 Å². The van der Waals surface area contributed by atoms with Crippen molar-refractivity contribution in [3.05, 3.63) is 71.6 Å². The Labute approximate surface area is 148 Å². The maximum atomic E-state index is 6.33. The Hall–Kier alpha value is -1.76. The van der Waals surface area contributed by atoms with Crippen LogP contribution in [-0.2, 0) is 6.42 Å². The van der Waals surface area contributed by atoms with Crippen LogP contribution in [0.4, 0.5) is 0 Å². The van der Waals surface area contributed by atoms with Crippen LogP contribution in [-0.4, -0.2) is 6.10 Å². The average molecular weight is 324 g/mol. The molecule has 0 aliphatic carbocycles. The molecular formula is C23H31O. The lowest BCUT2D eigenvalue weighted by Gasteiger charge is -2.27. The second-order valence-electron chi connectivity index (χ2n) is 6.88. The molecular weight excluding hydrogens is 292 g/mol. The molecule has 2 atom stereocenters. The van der Waals surface area contributed by atoms with Gasteiger partial charge in [0.1, 0.15) is 11.9 Å². The Morgan fingerprint density at radius 3 is 2.25 bits per heavy atom. The molecule has 0 saturated heterocycles. The van der Waals surface area contributed by atoms with Crippen LogP contribution >= 0.6 is 0 Å². The van der Waals surface area contributed by atoms with Gasteiger partial charge < -0.3 is 4.74 Å². The fourth-order valence-electron chi connectivity index (χ4n) is 3.28. The molecule has 0 aliphatic rings. The van der Waals surface area contributed by atoms with Crippen molar-refractivity contribution in [1.29, 1.82) is 0 Å². The van der Waals surface area contributed by atoms with Crippen molar-refractivity contribution in [3.8, 4) is 5.75 Å². The molecule has 129 valence electrons. The van der Waals surface area contributed by atoms with Gasteiger partial charge in [-0.15, -0.1) is 0 Å². The van der Waals surface area contributed by atoms with E-state index in [0.29, 0.717) is 5.92 Å². The van der Waals surface area contributed by atoms with Crippen LogP contribution in [0.5, 0.6) is 5.75 Å². The SMILES string of the molecule is [CH2]c1ccc(OC(CC)C(CCC)Cc2ccc(C)c(C)c2)cc1. The minimum atomic E-state index is 0.252. The molecule has 1 nitrogen and oxygen atoms in total. The van der Waals surface area contributed by atoms with Gasteiger partial charge in [0.05, 0.1) is 0 Å². The summed E-state index contributed by atoms with van der Waals surface area (Å²) in [6.07, 6.45) is 4.75. The zero-order valence-electron chi connectivity index (χ0n) is 15.6. The fraction of sp³-hybridized carbons (Fsp3) is 0.435. The first kappa shape index (κ1) is 18.6. The highest BCUT2D eigenvalue weighted by atomic mass is 16.5. The third-order valence-corrected chi connectivity index (χ3v) is 4.87. The van der Waals surface area contributed by atoms with E-state index in [1.54, 1.807) is 0 Å². The lowest BCUT2D eigenvalue weighted by Crippen LogP contribution is -2.28. The minimum Gasteiger partial charge on any atom is -0.490 e. The van der Waals surface area contributed by atoms with Gasteiger partial charge in [0, 0.05) is 0 Å². The first-order valence-electron chi connectivity index (χ1n) is 9.18. The number of ether oxygens (including phenoxy) is 1. The van der Waals surface area contributed by atoms with Crippen LogP contribution in [0.15, 0.2) is 42.5 Å². The highest BCUT2D eigenvalue weighted by Gasteiger charge is 2.21. The van der Waals surface area contributed by atoms with Crippen molar-refractivity contribution in [1.82, 2.24) is 0 Å². The number of hydrogen-bond donors (Lipinski definition) is 0. The topological polar surface area (TPSA) is 9.23 Å².